The molecule has 0 radical (unpaired) electrons. The van der Waals surface area contributed by atoms with Gasteiger partial charge in [-0.05, 0) is 57.0 Å². The standard InChI is InChI=1S/C17H24N4O2.ClH/c1-21(15-7-9-18-10-8-15)16(22)12-3-2-4-14(11-12)20-17(23)19-13-5-6-13;/h2-4,11,13,15,18H,5-10H2,1H3,(H2,19,20,23);1H. The summed E-state index contributed by atoms with van der Waals surface area (Å²) in [5.74, 6) is 0.00292. The van der Waals surface area contributed by atoms with Crippen molar-refractivity contribution < 1.29 is 9.59 Å². The number of piperidine rings is 1. The van der Waals surface area contributed by atoms with Gasteiger partial charge in [-0.25, -0.2) is 4.79 Å². The zero-order chi connectivity index (χ0) is 16.2. The van der Waals surface area contributed by atoms with Crippen LogP contribution < -0.4 is 16.0 Å². The molecule has 0 unspecified atom stereocenters. The first-order valence-corrected chi connectivity index (χ1v) is 8.29. The number of carbonyl (C=O) groups is 2. The minimum atomic E-state index is -0.205. The average molecular weight is 353 g/mol. The van der Waals surface area contributed by atoms with Crippen molar-refractivity contribution in [2.24, 2.45) is 0 Å². The number of urea groups is 1. The third kappa shape index (κ3) is 4.85. The van der Waals surface area contributed by atoms with Crippen LogP contribution in [0.1, 0.15) is 36.0 Å². The Kier molecular flexibility index (Phi) is 6.45. The van der Waals surface area contributed by atoms with Crippen molar-refractivity contribution in [2.75, 3.05) is 25.5 Å². The molecule has 2 aliphatic rings. The summed E-state index contributed by atoms with van der Waals surface area (Å²) < 4.78 is 0. The number of nitrogens with zero attached hydrogens (tertiary/aromatic N) is 1. The predicted octanol–water partition coefficient (Wildman–Crippen LogP) is 2.22. The van der Waals surface area contributed by atoms with Gasteiger partial charge in [0.25, 0.3) is 5.91 Å². The minimum absolute atomic E-state index is 0. The van der Waals surface area contributed by atoms with E-state index in [1.807, 2.05) is 11.9 Å². The fourth-order valence-electron chi connectivity index (χ4n) is 2.87. The van der Waals surface area contributed by atoms with E-state index in [1.54, 1.807) is 24.3 Å². The highest BCUT2D eigenvalue weighted by Gasteiger charge is 2.24. The Balaban J connectivity index is 0.00000208. The molecule has 24 heavy (non-hydrogen) atoms. The highest BCUT2D eigenvalue weighted by atomic mass is 35.5. The van der Waals surface area contributed by atoms with Crippen LogP contribution in [0.15, 0.2) is 24.3 Å². The molecule has 2 fully saturated rings. The van der Waals surface area contributed by atoms with E-state index in [1.165, 1.54) is 0 Å². The summed E-state index contributed by atoms with van der Waals surface area (Å²) in [6.07, 6.45) is 4.05. The Hall–Kier alpha value is -1.79. The number of carbonyl (C=O) groups excluding carboxylic acids is 2. The second-order valence-corrected chi connectivity index (χ2v) is 6.35. The lowest BCUT2D eigenvalue weighted by atomic mass is 10.0. The van der Waals surface area contributed by atoms with Gasteiger partial charge in [0.05, 0.1) is 0 Å². The summed E-state index contributed by atoms with van der Waals surface area (Å²) in [4.78, 5) is 26.3. The van der Waals surface area contributed by atoms with Crippen molar-refractivity contribution in [2.45, 2.75) is 37.8 Å². The normalized spacial score (nSPS) is 17.5. The van der Waals surface area contributed by atoms with Gasteiger partial charge in [-0.1, -0.05) is 6.07 Å². The van der Waals surface area contributed by atoms with Crippen molar-refractivity contribution in [3.05, 3.63) is 29.8 Å². The molecule has 132 valence electrons. The van der Waals surface area contributed by atoms with Crippen LogP contribution in [0.4, 0.5) is 10.5 Å². The molecule has 3 N–H and O–H groups in total. The quantitative estimate of drug-likeness (QED) is 0.778. The SMILES string of the molecule is CN(C(=O)c1cccc(NC(=O)NC2CC2)c1)C1CCNCC1.Cl. The van der Waals surface area contributed by atoms with Crippen LogP contribution >= 0.6 is 12.4 Å². The van der Waals surface area contributed by atoms with Gasteiger partial charge in [0, 0.05) is 30.4 Å². The van der Waals surface area contributed by atoms with Crippen molar-refractivity contribution in [3.63, 3.8) is 0 Å². The number of nitrogens with one attached hydrogen (secondary N) is 3. The molecule has 0 aromatic heterocycles. The van der Waals surface area contributed by atoms with Crippen molar-refractivity contribution >= 4 is 30.0 Å². The van der Waals surface area contributed by atoms with Crippen molar-refractivity contribution in [1.82, 2.24) is 15.5 Å². The molecule has 0 atom stereocenters. The Bertz CT molecular complexity index is 586. The lowest BCUT2D eigenvalue weighted by Crippen LogP contribution is -2.44. The largest absolute Gasteiger partial charge is 0.339 e. The third-order valence-electron chi connectivity index (χ3n) is 4.46. The van der Waals surface area contributed by atoms with Gasteiger partial charge < -0.3 is 20.9 Å². The highest BCUT2D eigenvalue weighted by molar-refractivity contribution is 5.97. The van der Waals surface area contributed by atoms with Crippen LogP contribution in [0.5, 0.6) is 0 Å². The molecule has 1 aromatic rings. The van der Waals surface area contributed by atoms with Crippen LogP contribution in [0.3, 0.4) is 0 Å². The first-order valence-electron chi connectivity index (χ1n) is 8.29. The number of amides is 3. The number of hydrogen-bond donors (Lipinski definition) is 3. The Labute approximate surface area is 148 Å². The lowest BCUT2D eigenvalue weighted by molar-refractivity contribution is 0.0703. The fourth-order valence-corrected chi connectivity index (χ4v) is 2.87. The van der Waals surface area contributed by atoms with Gasteiger partial charge in [0.15, 0.2) is 0 Å². The zero-order valence-electron chi connectivity index (χ0n) is 13.9. The summed E-state index contributed by atoms with van der Waals surface area (Å²) in [6.45, 7) is 1.90. The molecule has 1 aliphatic heterocycles. The van der Waals surface area contributed by atoms with Gasteiger partial charge in [-0.2, -0.15) is 0 Å². The van der Waals surface area contributed by atoms with E-state index in [4.69, 9.17) is 0 Å². The van der Waals surface area contributed by atoms with E-state index in [0.717, 1.165) is 38.8 Å². The molecular weight excluding hydrogens is 328 g/mol. The summed E-state index contributed by atoms with van der Waals surface area (Å²) in [5, 5.41) is 8.98. The number of benzene rings is 1. The predicted molar refractivity (Wildman–Crippen MR) is 96.9 cm³/mol. The van der Waals surface area contributed by atoms with Crippen molar-refractivity contribution in [1.29, 1.82) is 0 Å². The average Bonchev–Trinajstić information content (AvgIpc) is 3.38. The summed E-state index contributed by atoms with van der Waals surface area (Å²) >= 11 is 0. The molecule has 1 heterocycles. The maximum Gasteiger partial charge on any atom is 0.319 e. The van der Waals surface area contributed by atoms with Gasteiger partial charge in [0.1, 0.15) is 0 Å². The molecular formula is C17H25ClN4O2. The van der Waals surface area contributed by atoms with E-state index in [-0.39, 0.29) is 30.4 Å². The van der Waals surface area contributed by atoms with Crippen LogP contribution in [0.2, 0.25) is 0 Å². The second kappa shape index (κ2) is 8.35. The second-order valence-electron chi connectivity index (χ2n) is 6.35. The van der Waals surface area contributed by atoms with E-state index < -0.39 is 0 Å². The fraction of sp³-hybridized carbons (Fsp3) is 0.529. The Morgan fingerprint density at radius 3 is 2.54 bits per heavy atom. The Morgan fingerprint density at radius 2 is 1.88 bits per heavy atom. The maximum atomic E-state index is 12.6. The molecule has 1 aliphatic carbocycles. The van der Waals surface area contributed by atoms with E-state index in [0.29, 0.717) is 17.3 Å². The first kappa shape index (κ1) is 18.5. The van der Waals surface area contributed by atoms with Crippen LogP contribution in [-0.2, 0) is 0 Å². The molecule has 3 rings (SSSR count). The van der Waals surface area contributed by atoms with E-state index >= 15 is 0 Å². The molecule has 7 heteroatoms. The monoisotopic (exact) mass is 352 g/mol. The molecule has 6 nitrogen and oxygen atoms in total. The first-order chi connectivity index (χ1) is 11.1. The number of hydrogen-bond acceptors (Lipinski definition) is 3. The topological polar surface area (TPSA) is 73.5 Å². The Morgan fingerprint density at radius 1 is 1.17 bits per heavy atom. The van der Waals surface area contributed by atoms with Crippen LogP contribution in [-0.4, -0.2) is 49.1 Å². The molecule has 1 aromatic carbocycles. The van der Waals surface area contributed by atoms with E-state index in [2.05, 4.69) is 16.0 Å². The molecule has 3 amide bonds. The number of anilines is 1. The molecule has 0 spiro atoms. The third-order valence-corrected chi connectivity index (χ3v) is 4.46. The number of halogens is 1. The summed E-state index contributed by atoms with van der Waals surface area (Å²) in [5.41, 5.74) is 1.25. The van der Waals surface area contributed by atoms with Gasteiger partial charge >= 0.3 is 6.03 Å². The van der Waals surface area contributed by atoms with Crippen molar-refractivity contribution in [3.8, 4) is 0 Å². The zero-order valence-corrected chi connectivity index (χ0v) is 14.7. The van der Waals surface area contributed by atoms with Crippen LogP contribution in [0.25, 0.3) is 0 Å². The molecule has 0 bridgehead atoms. The lowest BCUT2D eigenvalue weighted by Gasteiger charge is -2.31. The van der Waals surface area contributed by atoms with E-state index in [9.17, 15) is 9.59 Å². The summed E-state index contributed by atoms with van der Waals surface area (Å²) in [7, 11) is 1.86. The molecule has 1 saturated heterocycles. The van der Waals surface area contributed by atoms with Crippen LogP contribution in [0, 0.1) is 0 Å². The highest BCUT2D eigenvalue weighted by Crippen LogP contribution is 2.19. The summed E-state index contributed by atoms with van der Waals surface area (Å²) in [6, 6.07) is 7.52. The minimum Gasteiger partial charge on any atom is -0.339 e. The maximum absolute atomic E-state index is 12.6. The van der Waals surface area contributed by atoms with Gasteiger partial charge in [-0.3, -0.25) is 4.79 Å². The number of rotatable bonds is 4. The smallest absolute Gasteiger partial charge is 0.319 e. The molecule has 1 saturated carbocycles. The van der Waals surface area contributed by atoms with Gasteiger partial charge in [0.2, 0.25) is 0 Å². The van der Waals surface area contributed by atoms with Gasteiger partial charge in [-0.15, -0.1) is 12.4 Å².